The van der Waals surface area contributed by atoms with Crippen LogP contribution in [0.1, 0.15) is 24.8 Å². The van der Waals surface area contributed by atoms with Gasteiger partial charge >= 0.3 is 0 Å². The van der Waals surface area contributed by atoms with Crippen molar-refractivity contribution < 1.29 is 14.3 Å². The highest BCUT2D eigenvalue weighted by atomic mass is 16.7. The molecule has 1 fully saturated rings. The zero-order valence-electron chi connectivity index (χ0n) is 8.73. The molecule has 1 aromatic rings. The molecule has 0 spiro atoms. The summed E-state index contributed by atoms with van der Waals surface area (Å²) in [5.74, 6) is 1.50. The maximum Gasteiger partial charge on any atom is 0.235 e. The van der Waals surface area contributed by atoms with Crippen LogP contribution in [-0.2, 0) is 10.3 Å². The van der Waals surface area contributed by atoms with Crippen molar-refractivity contribution in [2.45, 2.75) is 24.8 Å². The molecule has 4 nitrogen and oxygen atoms in total. The summed E-state index contributed by atoms with van der Waals surface area (Å²) < 4.78 is 10.6. The summed E-state index contributed by atoms with van der Waals surface area (Å²) >= 11 is 0. The maximum atomic E-state index is 10.5. The number of hydrogen-bond donors (Lipinski definition) is 0. The molecule has 1 aliphatic heterocycles. The van der Waals surface area contributed by atoms with Gasteiger partial charge in [0.25, 0.3) is 0 Å². The van der Waals surface area contributed by atoms with Crippen LogP contribution in [0.5, 0.6) is 11.5 Å². The Balaban J connectivity index is 2.03. The van der Waals surface area contributed by atoms with E-state index in [4.69, 9.17) is 9.47 Å². The zero-order chi connectivity index (χ0) is 11.0. The molecule has 0 saturated heterocycles. The first-order valence-electron chi connectivity index (χ1n) is 5.33. The van der Waals surface area contributed by atoms with Gasteiger partial charge < -0.3 is 9.47 Å². The van der Waals surface area contributed by atoms with Gasteiger partial charge in [-0.05, 0) is 37.0 Å². The molecule has 82 valence electrons. The number of fused-ring (bicyclic) bond motifs is 1. The van der Waals surface area contributed by atoms with Gasteiger partial charge in [0.1, 0.15) is 0 Å². The Bertz CT molecular complexity index is 473. The average molecular weight is 217 g/mol. The van der Waals surface area contributed by atoms with Crippen LogP contribution in [0.4, 0.5) is 0 Å². The van der Waals surface area contributed by atoms with E-state index in [1.807, 2.05) is 18.2 Å². The molecule has 3 rings (SSSR count). The lowest BCUT2D eigenvalue weighted by Crippen LogP contribution is -2.31. The van der Waals surface area contributed by atoms with Crippen LogP contribution < -0.4 is 9.47 Å². The zero-order valence-corrected chi connectivity index (χ0v) is 8.73. The van der Waals surface area contributed by atoms with Crippen LogP contribution in [0.15, 0.2) is 23.2 Å². The summed E-state index contributed by atoms with van der Waals surface area (Å²) in [4.78, 5) is 14.4. The standard InChI is InChI=1S/C12H11NO3/c14-7-13-12(4-1-5-12)9-2-3-10-11(6-9)16-8-15-10/h2-3,6H,1,4-5,8H2. The first-order chi connectivity index (χ1) is 7.84. The van der Waals surface area contributed by atoms with Gasteiger partial charge in [-0.1, -0.05) is 6.07 Å². The quantitative estimate of drug-likeness (QED) is 0.563. The van der Waals surface area contributed by atoms with E-state index in [9.17, 15) is 4.79 Å². The van der Waals surface area contributed by atoms with Gasteiger partial charge in [-0.3, -0.25) is 0 Å². The molecule has 1 aliphatic carbocycles. The van der Waals surface area contributed by atoms with Crippen molar-refractivity contribution in [2.24, 2.45) is 4.99 Å². The van der Waals surface area contributed by atoms with Crippen molar-refractivity contribution in [1.82, 2.24) is 0 Å². The molecule has 16 heavy (non-hydrogen) atoms. The third-order valence-corrected chi connectivity index (χ3v) is 3.35. The number of nitrogens with zero attached hydrogens (tertiary/aromatic N) is 1. The van der Waals surface area contributed by atoms with E-state index < -0.39 is 0 Å². The van der Waals surface area contributed by atoms with E-state index >= 15 is 0 Å². The van der Waals surface area contributed by atoms with Crippen molar-refractivity contribution >= 4 is 6.08 Å². The summed E-state index contributed by atoms with van der Waals surface area (Å²) in [5.41, 5.74) is 0.661. The second-order valence-corrected chi connectivity index (χ2v) is 4.16. The summed E-state index contributed by atoms with van der Waals surface area (Å²) in [6, 6.07) is 5.74. The number of ether oxygens (including phenoxy) is 2. The SMILES string of the molecule is O=C=NC1(c2ccc3c(c2)OCO3)CCC1. The normalized spacial score (nSPS) is 19.8. The maximum absolute atomic E-state index is 10.5. The van der Waals surface area contributed by atoms with Gasteiger partial charge in [0.15, 0.2) is 11.5 Å². The Morgan fingerprint density at radius 1 is 1.25 bits per heavy atom. The summed E-state index contributed by atoms with van der Waals surface area (Å²) in [6.45, 7) is 0.267. The van der Waals surface area contributed by atoms with Crippen molar-refractivity contribution in [3.63, 3.8) is 0 Å². The molecule has 0 amide bonds. The second kappa shape index (κ2) is 3.35. The van der Waals surface area contributed by atoms with Gasteiger partial charge in [0.2, 0.25) is 12.9 Å². The van der Waals surface area contributed by atoms with Crippen molar-refractivity contribution in [1.29, 1.82) is 0 Å². The number of benzene rings is 1. The Hall–Kier alpha value is -1.80. The molecule has 1 heterocycles. The number of carbonyl (C=O) groups excluding carboxylic acids is 1. The first-order valence-corrected chi connectivity index (χ1v) is 5.33. The molecule has 0 bridgehead atoms. The Labute approximate surface area is 92.9 Å². The highest BCUT2D eigenvalue weighted by Crippen LogP contribution is 2.47. The number of isocyanates is 1. The van der Waals surface area contributed by atoms with Gasteiger partial charge in [-0.15, -0.1) is 0 Å². The fourth-order valence-corrected chi connectivity index (χ4v) is 2.25. The fourth-order valence-electron chi connectivity index (χ4n) is 2.25. The highest BCUT2D eigenvalue weighted by Gasteiger charge is 2.39. The molecule has 0 atom stereocenters. The van der Waals surface area contributed by atoms with E-state index in [1.54, 1.807) is 6.08 Å². The van der Waals surface area contributed by atoms with Crippen molar-refractivity contribution in [3.05, 3.63) is 23.8 Å². The Morgan fingerprint density at radius 2 is 2.06 bits per heavy atom. The number of aliphatic imine (C=N–C) groups is 1. The third kappa shape index (κ3) is 1.24. The average Bonchev–Trinajstić information content (AvgIpc) is 2.70. The van der Waals surface area contributed by atoms with Crippen LogP contribution in [0.2, 0.25) is 0 Å². The number of rotatable bonds is 2. The lowest BCUT2D eigenvalue weighted by atomic mass is 9.72. The number of hydrogen-bond acceptors (Lipinski definition) is 4. The van der Waals surface area contributed by atoms with E-state index in [1.165, 1.54) is 0 Å². The van der Waals surface area contributed by atoms with Crippen LogP contribution in [0, 0.1) is 0 Å². The van der Waals surface area contributed by atoms with Gasteiger partial charge in [0, 0.05) is 0 Å². The largest absolute Gasteiger partial charge is 0.454 e. The first kappa shape index (κ1) is 9.43. The third-order valence-electron chi connectivity index (χ3n) is 3.35. The minimum absolute atomic E-state index is 0.267. The predicted molar refractivity (Wildman–Crippen MR) is 56.2 cm³/mol. The Morgan fingerprint density at radius 3 is 2.75 bits per heavy atom. The summed E-state index contributed by atoms with van der Waals surface area (Å²) in [7, 11) is 0. The van der Waals surface area contributed by atoms with Crippen LogP contribution in [0.3, 0.4) is 0 Å². The van der Waals surface area contributed by atoms with Gasteiger partial charge in [0.05, 0.1) is 5.54 Å². The molecule has 1 saturated carbocycles. The highest BCUT2D eigenvalue weighted by molar-refractivity contribution is 5.48. The minimum atomic E-state index is -0.358. The van der Waals surface area contributed by atoms with Crippen LogP contribution in [-0.4, -0.2) is 12.9 Å². The molecule has 4 heteroatoms. The van der Waals surface area contributed by atoms with Gasteiger partial charge in [-0.25, -0.2) is 4.79 Å². The topological polar surface area (TPSA) is 47.9 Å². The molecular weight excluding hydrogens is 206 g/mol. The van der Waals surface area contributed by atoms with Crippen LogP contribution >= 0.6 is 0 Å². The van der Waals surface area contributed by atoms with Gasteiger partial charge in [-0.2, -0.15) is 4.99 Å². The summed E-state index contributed by atoms with van der Waals surface area (Å²) in [6.07, 6.45) is 4.59. The molecule has 0 unspecified atom stereocenters. The van der Waals surface area contributed by atoms with Crippen LogP contribution in [0.25, 0.3) is 0 Å². The van der Waals surface area contributed by atoms with Crippen molar-refractivity contribution in [3.8, 4) is 11.5 Å². The molecule has 0 N–H and O–H groups in total. The van der Waals surface area contributed by atoms with E-state index in [-0.39, 0.29) is 12.3 Å². The van der Waals surface area contributed by atoms with Crippen molar-refractivity contribution in [2.75, 3.05) is 6.79 Å². The van der Waals surface area contributed by atoms with E-state index in [0.29, 0.717) is 0 Å². The summed E-state index contributed by atoms with van der Waals surface area (Å²) in [5, 5.41) is 0. The second-order valence-electron chi connectivity index (χ2n) is 4.16. The molecule has 0 aromatic heterocycles. The lowest BCUT2D eigenvalue weighted by Gasteiger charge is -2.37. The monoisotopic (exact) mass is 217 g/mol. The fraction of sp³-hybridized carbons (Fsp3) is 0.417. The predicted octanol–water partition coefficient (Wildman–Crippen LogP) is 2.13. The smallest absolute Gasteiger partial charge is 0.235 e. The molecule has 0 radical (unpaired) electrons. The molecule has 1 aromatic carbocycles. The molecule has 2 aliphatic rings. The van der Waals surface area contributed by atoms with E-state index in [2.05, 4.69) is 4.99 Å². The lowest BCUT2D eigenvalue weighted by molar-refractivity contribution is 0.173. The Kier molecular flexibility index (Phi) is 1.98. The van der Waals surface area contributed by atoms with E-state index in [0.717, 1.165) is 36.3 Å². The molecular formula is C12H11NO3. The minimum Gasteiger partial charge on any atom is -0.454 e.